The van der Waals surface area contributed by atoms with E-state index in [9.17, 15) is 8.42 Å². The van der Waals surface area contributed by atoms with Gasteiger partial charge in [0.2, 0.25) is 10.0 Å². The van der Waals surface area contributed by atoms with Gasteiger partial charge in [-0.05, 0) is 25.6 Å². The van der Waals surface area contributed by atoms with Crippen molar-refractivity contribution in [2.24, 2.45) is 0 Å². The zero-order chi connectivity index (χ0) is 15.3. The molecule has 5 heteroatoms. The lowest BCUT2D eigenvalue weighted by Crippen LogP contribution is -2.33. The van der Waals surface area contributed by atoms with Gasteiger partial charge in [0.1, 0.15) is 0 Å². The lowest BCUT2D eigenvalue weighted by Gasteiger charge is -2.17. The van der Waals surface area contributed by atoms with E-state index in [1.54, 1.807) is 20.0 Å². The first kappa shape index (κ1) is 15.5. The van der Waals surface area contributed by atoms with Crippen molar-refractivity contribution >= 4 is 15.7 Å². The summed E-state index contributed by atoms with van der Waals surface area (Å²) in [5.74, 6) is 0. The fraction of sp³-hybridized carbons (Fsp3) is 0.250. The number of rotatable bonds is 6. The van der Waals surface area contributed by atoms with Crippen LogP contribution in [0.25, 0.3) is 11.1 Å². The molecule has 4 nitrogen and oxygen atoms in total. The molecular formula is C16H20N2O2S. The van der Waals surface area contributed by atoms with E-state index in [1.165, 1.54) is 0 Å². The van der Waals surface area contributed by atoms with Crippen molar-refractivity contribution in [1.82, 2.24) is 5.32 Å². The van der Waals surface area contributed by atoms with Crippen LogP contribution in [0.15, 0.2) is 54.6 Å². The molecule has 0 radical (unpaired) electrons. The van der Waals surface area contributed by atoms with Crippen LogP contribution in [-0.4, -0.2) is 27.3 Å². The van der Waals surface area contributed by atoms with Crippen LogP contribution in [0.1, 0.15) is 6.92 Å². The molecule has 0 aliphatic heterocycles. The van der Waals surface area contributed by atoms with Gasteiger partial charge < -0.3 is 5.32 Å². The summed E-state index contributed by atoms with van der Waals surface area (Å²) >= 11 is 0. The highest BCUT2D eigenvalue weighted by Crippen LogP contribution is 2.28. The third-order valence-corrected chi connectivity index (χ3v) is 5.02. The molecule has 0 saturated heterocycles. The van der Waals surface area contributed by atoms with Gasteiger partial charge in [0.05, 0.1) is 10.9 Å². The number of hydrogen-bond donors (Lipinski definition) is 2. The van der Waals surface area contributed by atoms with E-state index in [4.69, 9.17) is 0 Å². The molecule has 0 fully saturated rings. The van der Waals surface area contributed by atoms with Crippen molar-refractivity contribution in [2.45, 2.75) is 12.2 Å². The molecule has 0 spiro atoms. The normalized spacial score (nSPS) is 12.9. The van der Waals surface area contributed by atoms with Crippen LogP contribution in [0, 0.1) is 0 Å². The molecule has 1 unspecified atom stereocenters. The Bertz CT molecular complexity index is 684. The highest BCUT2D eigenvalue weighted by Gasteiger charge is 2.21. The highest BCUT2D eigenvalue weighted by atomic mass is 32.2. The molecule has 2 aromatic rings. The monoisotopic (exact) mass is 304 g/mol. The maximum absolute atomic E-state index is 12.3. The Morgan fingerprint density at radius 2 is 1.62 bits per heavy atom. The number of nitrogens with one attached hydrogen (secondary N) is 2. The first-order chi connectivity index (χ1) is 10.0. The van der Waals surface area contributed by atoms with Crippen LogP contribution < -0.4 is 10.0 Å². The summed E-state index contributed by atoms with van der Waals surface area (Å²) in [5.41, 5.74) is 2.46. The summed E-state index contributed by atoms with van der Waals surface area (Å²) in [6.45, 7) is 2.09. The minimum absolute atomic E-state index is 0.406. The van der Waals surface area contributed by atoms with Gasteiger partial charge in [0.15, 0.2) is 0 Å². The SMILES string of the molecule is CNCC(C)S(=O)(=O)Nc1ccccc1-c1ccccc1. The molecular weight excluding hydrogens is 284 g/mol. The van der Waals surface area contributed by atoms with Crippen molar-refractivity contribution < 1.29 is 8.42 Å². The Morgan fingerprint density at radius 3 is 2.29 bits per heavy atom. The quantitative estimate of drug-likeness (QED) is 0.862. The van der Waals surface area contributed by atoms with Crippen LogP contribution in [0.4, 0.5) is 5.69 Å². The number of hydrogen-bond acceptors (Lipinski definition) is 3. The molecule has 0 aliphatic rings. The molecule has 0 aliphatic carbocycles. The largest absolute Gasteiger partial charge is 0.318 e. The van der Waals surface area contributed by atoms with Crippen molar-refractivity contribution in [1.29, 1.82) is 0 Å². The molecule has 1 atom stereocenters. The van der Waals surface area contributed by atoms with Gasteiger partial charge in [-0.3, -0.25) is 4.72 Å². The van der Waals surface area contributed by atoms with Crippen molar-refractivity contribution in [3.63, 3.8) is 0 Å². The van der Waals surface area contributed by atoms with E-state index in [0.717, 1.165) is 11.1 Å². The second-order valence-corrected chi connectivity index (χ2v) is 7.03. The van der Waals surface area contributed by atoms with E-state index < -0.39 is 15.3 Å². The Labute approximate surface area is 126 Å². The first-order valence-corrected chi connectivity index (χ1v) is 8.40. The highest BCUT2D eigenvalue weighted by molar-refractivity contribution is 7.93. The number of sulfonamides is 1. The third kappa shape index (κ3) is 3.83. The fourth-order valence-corrected chi connectivity index (χ4v) is 3.16. The molecule has 0 amide bonds. The van der Waals surface area contributed by atoms with E-state index in [0.29, 0.717) is 12.2 Å². The van der Waals surface area contributed by atoms with Gasteiger partial charge in [-0.25, -0.2) is 8.42 Å². The average Bonchev–Trinajstić information content (AvgIpc) is 2.48. The van der Waals surface area contributed by atoms with Crippen molar-refractivity contribution in [3.8, 4) is 11.1 Å². The molecule has 0 saturated carbocycles. The fourth-order valence-electron chi connectivity index (χ4n) is 2.09. The predicted molar refractivity (Wildman–Crippen MR) is 87.8 cm³/mol. The van der Waals surface area contributed by atoms with Gasteiger partial charge in [0, 0.05) is 12.1 Å². The van der Waals surface area contributed by atoms with Crippen molar-refractivity contribution in [2.75, 3.05) is 18.3 Å². The summed E-state index contributed by atoms with van der Waals surface area (Å²) < 4.78 is 27.3. The Hall–Kier alpha value is -1.85. The molecule has 112 valence electrons. The maximum atomic E-state index is 12.3. The molecule has 0 heterocycles. The lowest BCUT2D eigenvalue weighted by atomic mass is 10.0. The van der Waals surface area contributed by atoms with Gasteiger partial charge in [-0.2, -0.15) is 0 Å². The second-order valence-electron chi connectivity index (χ2n) is 4.93. The number of para-hydroxylation sites is 1. The summed E-state index contributed by atoms with van der Waals surface area (Å²) in [4.78, 5) is 0. The van der Waals surface area contributed by atoms with Gasteiger partial charge in [0.25, 0.3) is 0 Å². The summed E-state index contributed by atoms with van der Waals surface area (Å²) in [7, 11) is -1.68. The molecule has 2 N–H and O–H groups in total. The van der Waals surface area contributed by atoms with E-state index >= 15 is 0 Å². The third-order valence-electron chi connectivity index (χ3n) is 3.29. The van der Waals surface area contributed by atoms with Crippen LogP contribution in [0.5, 0.6) is 0 Å². The Morgan fingerprint density at radius 1 is 1.00 bits per heavy atom. The molecule has 2 aromatic carbocycles. The predicted octanol–water partition coefficient (Wildman–Crippen LogP) is 2.70. The van der Waals surface area contributed by atoms with E-state index in [2.05, 4.69) is 10.0 Å². The number of anilines is 1. The Kier molecular flexibility index (Phi) is 4.98. The van der Waals surface area contributed by atoms with Crippen LogP contribution in [0.3, 0.4) is 0 Å². The minimum Gasteiger partial charge on any atom is -0.318 e. The topological polar surface area (TPSA) is 58.2 Å². The van der Waals surface area contributed by atoms with Crippen LogP contribution >= 0.6 is 0 Å². The zero-order valence-electron chi connectivity index (χ0n) is 12.2. The van der Waals surface area contributed by atoms with Crippen LogP contribution in [0.2, 0.25) is 0 Å². The van der Waals surface area contributed by atoms with E-state index in [1.807, 2.05) is 48.5 Å². The number of benzene rings is 2. The van der Waals surface area contributed by atoms with Crippen LogP contribution in [-0.2, 0) is 10.0 Å². The lowest BCUT2D eigenvalue weighted by molar-refractivity contribution is 0.584. The standard InChI is InChI=1S/C16H20N2O2S/c1-13(12-17-2)21(19,20)18-16-11-7-6-10-15(16)14-8-4-3-5-9-14/h3-11,13,17-18H,12H2,1-2H3. The van der Waals surface area contributed by atoms with Gasteiger partial charge in [-0.15, -0.1) is 0 Å². The molecule has 2 rings (SSSR count). The summed E-state index contributed by atoms with van der Waals surface area (Å²) in [6.07, 6.45) is 0. The molecule has 0 bridgehead atoms. The smallest absolute Gasteiger partial charge is 0.236 e. The second kappa shape index (κ2) is 6.74. The molecule has 21 heavy (non-hydrogen) atoms. The van der Waals surface area contributed by atoms with Gasteiger partial charge in [-0.1, -0.05) is 48.5 Å². The zero-order valence-corrected chi connectivity index (χ0v) is 13.0. The maximum Gasteiger partial charge on any atom is 0.236 e. The minimum atomic E-state index is -3.42. The summed E-state index contributed by atoms with van der Waals surface area (Å²) in [5, 5.41) is 2.38. The Balaban J connectivity index is 2.34. The first-order valence-electron chi connectivity index (χ1n) is 6.85. The average molecular weight is 304 g/mol. The van der Waals surface area contributed by atoms with Crippen molar-refractivity contribution in [3.05, 3.63) is 54.6 Å². The molecule has 0 aromatic heterocycles. The van der Waals surface area contributed by atoms with Gasteiger partial charge >= 0.3 is 0 Å². The summed E-state index contributed by atoms with van der Waals surface area (Å²) in [6, 6.07) is 17.2. The van der Waals surface area contributed by atoms with E-state index in [-0.39, 0.29) is 0 Å².